The van der Waals surface area contributed by atoms with Crippen molar-refractivity contribution in [2.45, 2.75) is 40.3 Å². The fraction of sp³-hybridized carbons (Fsp3) is 0.778. The minimum Gasteiger partial charge on any atom is -0.321 e. The third kappa shape index (κ3) is 1.88. The Hall–Kier alpha value is -0.900. The van der Waals surface area contributed by atoms with Crippen LogP contribution in [0, 0.1) is 12.8 Å². The molecule has 1 heterocycles. The Bertz CT molecular complexity index is 277. The van der Waals surface area contributed by atoms with Crippen molar-refractivity contribution in [3.05, 3.63) is 11.6 Å². The molecule has 1 aromatic heterocycles. The molecule has 4 heteroatoms. The summed E-state index contributed by atoms with van der Waals surface area (Å²) in [7, 11) is 0. The van der Waals surface area contributed by atoms with Gasteiger partial charge in [0, 0.05) is 6.54 Å². The Morgan fingerprint density at radius 1 is 1.38 bits per heavy atom. The van der Waals surface area contributed by atoms with Gasteiger partial charge in [0.05, 0.1) is 6.04 Å². The van der Waals surface area contributed by atoms with Crippen molar-refractivity contribution in [3.63, 3.8) is 0 Å². The molecule has 1 aromatic rings. The van der Waals surface area contributed by atoms with E-state index < -0.39 is 0 Å². The van der Waals surface area contributed by atoms with Crippen LogP contribution < -0.4 is 5.73 Å². The number of nitrogens with two attached hydrogens (primary N) is 1. The van der Waals surface area contributed by atoms with E-state index in [4.69, 9.17) is 5.73 Å². The molecule has 1 atom stereocenters. The first-order chi connectivity index (χ1) is 6.07. The molecule has 0 saturated heterocycles. The number of rotatable bonds is 3. The smallest absolute Gasteiger partial charge is 0.150 e. The van der Waals surface area contributed by atoms with Crippen LogP contribution in [0.1, 0.15) is 38.5 Å². The number of aromatic nitrogens is 3. The molecule has 1 unspecified atom stereocenters. The second-order valence-corrected chi connectivity index (χ2v) is 3.62. The Morgan fingerprint density at radius 3 is 2.46 bits per heavy atom. The highest BCUT2D eigenvalue weighted by atomic mass is 15.3. The SMILES string of the molecule is CCn1c(C)nnc1C(N)C(C)C. The van der Waals surface area contributed by atoms with E-state index in [0.29, 0.717) is 5.92 Å². The minimum absolute atomic E-state index is 0.0128. The average Bonchev–Trinajstić information content (AvgIpc) is 2.45. The molecule has 0 radical (unpaired) electrons. The Morgan fingerprint density at radius 2 is 2.00 bits per heavy atom. The summed E-state index contributed by atoms with van der Waals surface area (Å²) in [6.07, 6.45) is 0. The molecule has 2 N–H and O–H groups in total. The second kappa shape index (κ2) is 3.87. The van der Waals surface area contributed by atoms with Crippen LogP contribution in [-0.4, -0.2) is 14.8 Å². The van der Waals surface area contributed by atoms with Gasteiger partial charge < -0.3 is 10.3 Å². The van der Waals surface area contributed by atoms with Crippen molar-refractivity contribution in [1.29, 1.82) is 0 Å². The zero-order valence-electron chi connectivity index (χ0n) is 8.78. The predicted molar refractivity (Wildman–Crippen MR) is 52.2 cm³/mol. The van der Waals surface area contributed by atoms with Crippen LogP contribution in [0.25, 0.3) is 0 Å². The highest BCUT2D eigenvalue weighted by Crippen LogP contribution is 2.17. The molecule has 4 nitrogen and oxygen atoms in total. The summed E-state index contributed by atoms with van der Waals surface area (Å²) in [5.41, 5.74) is 6.00. The van der Waals surface area contributed by atoms with Crippen LogP contribution in [0.15, 0.2) is 0 Å². The zero-order chi connectivity index (χ0) is 10.0. The highest BCUT2D eigenvalue weighted by Gasteiger charge is 2.17. The fourth-order valence-electron chi connectivity index (χ4n) is 1.33. The monoisotopic (exact) mass is 182 g/mol. The Kier molecular flexibility index (Phi) is 3.03. The lowest BCUT2D eigenvalue weighted by molar-refractivity contribution is 0.467. The van der Waals surface area contributed by atoms with Gasteiger partial charge in [-0.25, -0.2) is 0 Å². The van der Waals surface area contributed by atoms with Crippen molar-refractivity contribution in [3.8, 4) is 0 Å². The van der Waals surface area contributed by atoms with Gasteiger partial charge in [0.1, 0.15) is 11.6 Å². The van der Waals surface area contributed by atoms with Crippen molar-refractivity contribution in [2.75, 3.05) is 0 Å². The van der Waals surface area contributed by atoms with Crippen LogP contribution in [0.5, 0.6) is 0 Å². The van der Waals surface area contributed by atoms with Gasteiger partial charge in [0.2, 0.25) is 0 Å². The van der Waals surface area contributed by atoms with E-state index in [2.05, 4.69) is 35.5 Å². The molecule has 0 aromatic carbocycles. The maximum absolute atomic E-state index is 6.00. The summed E-state index contributed by atoms with van der Waals surface area (Å²) < 4.78 is 2.06. The quantitative estimate of drug-likeness (QED) is 0.765. The average molecular weight is 182 g/mol. The fourth-order valence-corrected chi connectivity index (χ4v) is 1.33. The second-order valence-electron chi connectivity index (χ2n) is 3.62. The first kappa shape index (κ1) is 10.2. The van der Waals surface area contributed by atoms with Gasteiger partial charge in [-0.3, -0.25) is 0 Å². The molecule has 1 rings (SSSR count). The van der Waals surface area contributed by atoms with Gasteiger partial charge in [0.25, 0.3) is 0 Å². The Balaban J connectivity index is 3.00. The number of hydrogen-bond donors (Lipinski definition) is 1. The summed E-state index contributed by atoms with van der Waals surface area (Å²) in [6, 6.07) is -0.0128. The van der Waals surface area contributed by atoms with Gasteiger partial charge in [-0.05, 0) is 19.8 Å². The summed E-state index contributed by atoms with van der Waals surface area (Å²) in [6.45, 7) is 9.10. The third-order valence-corrected chi connectivity index (χ3v) is 2.30. The molecule has 0 aliphatic rings. The summed E-state index contributed by atoms with van der Waals surface area (Å²) >= 11 is 0. The van der Waals surface area contributed by atoms with Crippen LogP contribution >= 0.6 is 0 Å². The largest absolute Gasteiger partial charge is 0.321 e. The molecular weight excluding hydrogens is 164 g/mol. The first-order valence-electron chi connectivity index (χ1n) is 4.73. The molecule has 13 heavy (non-hydrogen) atoms. The topological polar surface area (TPSA) is 56.7 Å². The summed E-state index contributed by atoms with van der Waals surface area (Å²) in [5, 5.41) is 8.12. The molecule has 0 spiro atoms. The van der Waals surface area contributed by atoms with Crippen molar-refractivity contribution < 1.29 is 0 Å². The lowest BCUT2D eigenvalue weighted by atomic mass is 10.1. The molecule has 0 saturated carbocycles. The van der Waals surface area contributed by atoms with Gasteiger partial charge in [0.15, 0.2) is 0 Å². The van der Waals surface area contributed by atoms with E-state index >= 15 is 0 Å². The van der Waals surface area contributed by atoms with Crippen molar-refractivity contribution >= 4 is 0 Å². The standard InChI is InChI=1S/C9H18N4/c1-5-13-7(4)11-12-9(13)8(10)6(2)3/h6,8H,5,10H2,1-4H3. The maximum atomic E-state index is 6.00. The number of nitrogens with zero attached hydrogens (tertiary/aromatic N) is 3. The van der Waals surface area contributed by atoms with Gasteiger partial charge in [-0.15, -0.1) is 10.2 Å². The lowest BCUT2D eigenvalue weighted by Gasteiger charge is -2.15. The van der Waals surface area contributed by atoms with E-state index in [-0.39, 0.29) is 6.04 Å². The number of hydrogen-bond acceptors (Lipinski definition) is 3. The van der Waals surface area contributed by atoms with Gasteiger partial charge in [-0.2, -0.15) is 0 Å². The summed E-state index contributed by atoms with van der Waals surface area (Å²) in [5.74, 6) is 2.23. The molecule has 0 aliphatic carbocycles. The van der Waals surface area contributed by atoms with E-state index in [1.165, 1.54) is 0 Å². The molecule has 0 aliphatic heterocycles. The molecule has 0 bridgehead atoms. The van der Waals surface area contributed by atoms with Crippen molar-refractivity contribution in [1.82, 2.24) is 14.8 Å². The van der Waals surface area contributed by atoms with Crippen LogP contribution in [0.3, 0.4) is 0 Å². The maximum Gasteiger partial charge on any atom is 0.150 e. The molecule has 0 fully saturated rings. The van der Waals surface area contributed by atoms with Crippen LogP contribution in [-0.2, 0) is 6.54 Å². The highest BCUT2D eigenvalue weighted by molar-refractivity contribution is 5.00. The van der Waals surface area contributed by atoms with Gasteiger partial charge in [-0.1, -0.05) is 13.8 Å². The minimum atomic E-state index is -0.0128. The third-order valence-electron chi connectivity index (χ3n) is 2.30. The van der Waals surface area contributed by atoms with Crippen LogP contribution in [0.2, 0.25) is 0 Å². The van der Waals surface area contributed by atoms with E-state index in [9.17, 15) is 0 Å². The van der Waals surface area contributed by atoms with Crippen molar-refractivity contribution in [2.24, 2.45) is 11.7 Å². The van der Waals surface area contributed by atoms with Crippen LogP contribution in [0.4, 0.5) is 0 Å². The lowest BCUT2D eigenvalue weighted by Crippen LogP contribution is -2.21. The normalized spacial score (nSPS) is 13.7. The van der Waals surface area contributed by atoms with E-state index in [0.717, 1.165) is 18.2 Å². The molecule has 0 amide bonds. The van der Waals surface area contributed by atoms with E-state index in [1.807, 2.05) is 6.92 Å². The van der Waals surface area contributed by atoms with Gasteiger partial charge >= 0.3 is 0 Å². The number of aryl methyl sites for hydroxylation is 1. The molecular formula is C9H18N4. The first-order valence-corrected chi connectivity index (χ1v) is 4.73. The predicted octanol–water partition coefficient (Wildman–Crippen LogP) is 1.26. The summed E-state index contributed by atoms with van der Waals surface area (Å²) in [4.78, 5) is 0. The van der Waals surface area contributed by atoms with E-state index in [1.54, 1.807) is 0 Å². The zero-order valence-corrected chi connectivity index (χ0v) is 8.78. The Labute approximate surface area is 79.2 Å². The molecule has 74 valence electrons.